The average molecular weight is 418 g/mol. The van der Waals surface area contributed by atoms with Crippen molar-refractivity contribution >= 4 is 23.4 Å². The summed E-state index contributed by atoms with van der Waals surface area (Å²) in [6, 6.07) is 19.6. The summed E-state index contributed by atoms with van der Waals surface area (Å²) in [5, 5.41) is 18.3. The molecule has 0 fully saturated rings. The molecule has 3 rings (SSSR count). The Bertz CT molecular complexity index is 1050. The molecule has 6 nitrogen and oxygen atoms in total. The van der Waals surface area contributed by atoms with Gasteiger partial charge in [0.15, 0.2) is 11.0 Å². The summed E-state index contributed by atoms with van der Waals surface area (Å²) in [6.45, 7) is 6.77. The van der Waals surface area contributed by atoms with Gasteiger partial charge in [0.2, 0.25) is 5.91 Å². The summed E-state index contributed by atoms with van der Waals surface area (Å²) in [5.41, 5.74) is 2.90. The van der Waals surface area contributed by atoms with Crippen molar-refractivity contribution in [2.45, 2.75) is 25.0 Å². The number of rotatable bonds is 9. The van der Waals surface area contributed by atoms with Gasteiger partial charge in [-0.05, 0) is 25.1 Å². The molecule has 0 spiro atoms. The molecule has 1 amide bonds. The normalized spacial score (nSPS) is 10.4. The summed E-state index contributed by atoms with van der Waals surface area (Å²) in [7, 11) is 0. The first kappa shape index (κ1) is 21.3. The van der Waals surface area contributed by atoms with Crippen molar-refractivity contribution in [3.63, 3.8) is 0 Å². The molecule has 0 unspecified atom stereocenters. The maximum Gasteiger partial charge on any atom is 0.237 e. The SMILES string of the molecule is C=CCn1c(SCC(=O)N(CCC#N)c2ccccc2)nnc1-c1cccc(C)c1. The van der Waals surface area contributed by atoms with Crippen molar-refractivity contribution in [3.05, 3.63) is 72.8 Å². The van der Waals surface area contributed by atoms with Gasteiger partial charge in [0.25, 0.3) is 0 Å². The summed E-state index contributed by atoms with van der Waals surface area (Å²) < 4.78 is 1.96. The predicted molar refractivity (Wildman–Crippen MR) is 120 cm³/mol. The molecular formula is C23H23N5OS. The van der Waals surface area contributed by atoms with Gasteiger partial charge in [-0.25, -0.2) is 0 Å². The molecule has 0 saturated heterocycles. The number of nitriles is 1. The van der Waals surface area contributed by atoms with E-state index < -0.39 is 0 Å². The number of para-hydroxylation sites is 1. The first-order valence-electron chi connectivity index (χ1n) is 9.60. The summed E-state index contributed by atoms with van der Waals surface area (Å²) in [5.74, 6) is 0.869. The van der Waals surface area contributed by atoms with E-state index in [2.05, 4.69) is 28.9 Å². The Morgan fingerprint density at radius 3 is 2.73 bits per heavy atom. The van der Waals surface area contributed by atoms with E-state index in [1.165, 1.54) is 11.8 Å². The van der Waals surface area contributed by atoms with Crippen LogP contribution in [0.4, 0.5) is 5.69 Å². The zero-order valence-corrected chi connectivity index (χ0v) is 17.7. The molecule has 1 heterocycles. The molecule has 0 atom stereocenters. The Balaban J connectivity index is 1.79. The fourth-order valence-electron chi connectivity index (χ4n) is 3.06. The molecule has 0 N–H and O–H groups in total. The van der Waals surface area contributed by atoms with Crippen LogP contribution in [-0.2, 0) is 11.3 Å². The smallest absolute Gasteiger partial charge is 0.237 e. The second-order valence-corrected chi connectivity index (χ2v) is 7.60. The topological polar surface area (TPSA) is 74.8 Å². The average Bonchev–Trinajstić information content (AvgIpc) is 3.16. The first-order chi connectivity index (χ1) is 14.6. The Morgan fingerprint density at radius 1 is 1.23 bits per heavy atom. The third-order valence-corrected chi connectivity index (χ3v) is 5.40. The van der Waals surface area contributed by atoms with E-state index in [1.807, 2.05) is 60.0 Å². The van der Waals surface area contributed by atoms with Crippen molar-refractivity contribution in [2.75, 3.05) is 17.2 Å². The van der Waals surface area contributed by atoms with E-state index in [0.29, 0.717) is 18.2 Å². The van der Waals surface area contributed by atoms with E-state index in [0.717, 1.165) is 22.6 Å². The van der Waals surface area contributed by atoms with Crippen LogP contribution < -0.4 is 4.90 Å². The van der Waals surface area contributed by atoms with Crippen molar-refractivity contribution in [3.8, 4) is 17.5 Å². The Morgan fingerprint density at radius 2 is 2.03 bits per heavy atom. The number of aryl methyl sites for hydroxylation is 1. The molecular weight excluding hydrogens is 394 g/mol. The highest BCUT2D eigenvalue weighted by atomic mass is 32.2. The number of benzene rings is 2. The van der Waals surface area contributed by atoms with Crippen LogP contribution >= 0.6 is 11.8 Å². The van der Waals surface area contributed by atoms with Crippen LogP contribution in [0.1, 0.15) is 12.0 Å². The summed E-state index contributed by atoms with van der Waals surface area (Å²) >= 11 is 1.34. The lowest BCUT2D eigenvalue weighted by Crippen LogP contribution is -2.33. The number of aromatic nitrogens is 3. The lowest BCUT2D eigenvalue weighted by molar-refractivity contribution is -0.116. The number of hydrogen-bond acceptors (Lipinski definition) is 5. The van der Waals surface area contributed by atoms with Crippen molar-refractivity contribution < 1.29 is 4.79 Å². The third-order valence-electron chi connectivity index (χ3n) is 4.45. The van der Waals surface area contributed by atoms with E-state index in [9.17, 15) is 4.79 Å². The molecule has 30 heavy (non-hydrogen) atoms. The van der Waals surface area contributed by atoms with Gasteiger partial charge < -0.3 is 4.90 Å². The van der Waals surface area contributed by atoms with Gasteiger partial charge in [0.1, 0.15) is 0 Å². The molecule has 1 aromatic heterocycles. The molecule has 7 heteroatoms. The lowest BCUT2D eigenvalue weighted by atomic mass is 10.1. The number of anilines is 1. The number of allylic oxidation sites excluding steroid dienone is 1. The van der Waals surface area contributed by atoms with E-state index in [1.54, 1.807) is 11.0 Å². The van der Waals surface area contributed by atoms with Crippen molar-refractivity contribution in [1.82, 2.24) is 14.8 Å². The monoisotopic (exact) mass is 417 g/mol. The Labute approximate surface area is 180 Å². The largest absolute Gasteiger partial charge is 0.311 e. The molecule has 0 bridgehead atoms. The van der Waals surface area contributed by atoms with Crippen LogP contribution in [0.5, 0.6) is 0 Å². The second-order valence-electron chi connectivity index (χ2n) is 6.65. The molecule has 0 aliphatic heterocycles. The Hall–Kier alpha value is -3.37. The highest BCUT2D eigenvalue weighted by molar-refractivity contribution is 7.99. The molecule has 0 radical (unpaired) electrons. The molecule has 3 aromatic rings. The van der Waals surface area contributed by atoms with Gasteiger partial charge in [0, 0.05) is 24.3 Å². The number of carbonyl (C=O) groups is 1. The molecule has 0 aliphatic rings. The number of thioether (sulfide) groups is 1. The maximum atomic E-state index is 12.9. The molecule has 0 saturated carbocycles. The maximum absolute atomic E-state index is 12.9. The fraction of sp³-hybridized carbons (Fsp3) is 0.217. The second kappa shape index (κ2) is 10.4. The highest BCUT2D eigenvalue weighted by Gasteiger charge is 2.19. The van der Waals surface area contributed by atoms with Crippen LogP contribution in [0, 0.1) is 18.3 Å². The minimum atomic E-state index is -0.0771. The zero-order chi connectivity index (χ0) is 21.3. The first-order valence-corrected chi connectivity index (χ1v) is 10.6. The van der Waals surface area contributed by atoms with Gasteiger partial charge in [-0.15, -0.1) is 16.8 Å². The lowest BCUT2D eigenvalue weighted by Gasteiger charge is -2.21. The van der Waals surface area contributed by atoms with E-state index >= 15 is 0 Å². The summed E-state index contributed by atoms with van der Waals surface area (Å²) in [6.07, 6.45) is 2.06. The minimum Gasteiger partial charge on any atom is -0.311 e. The zero-order valence-electron chi connectivity index (χ0n) is 16.9. The quantitative estimate of drug-likeness (QED) is 0.379. The van der Waals surface area contributed by atoms with Crippen LogP contribution in [-0.4, -0.2) is 33.0 Å². The van der Waals surface area contributed by atoms with E-state index in [4.69, 9.17) is 5.26 Å². The van der Waals surface area contributed by atoms with Gasteiger partial charge in [-0.1, -0.05) is 59.8 Å². The molecule has 152 valence electrons. The van der Waals surface area contributed by atoms with Gasteiger partial charge in [-0.2, -0.15) is 5.26 Å². The molecule has 2 aromatic carbocycles. The highest BCUT2D eigenvalue weighted by Crippen LogP contribution is 2.25. The summed E-state index contributed by atoms with van der Waals surface area (Å²) in [4.78, 5) is 14.6. The van der Waals surface area contributed by atoms with Crippen molar-refractivity contribution in [1.29, 1.82) is 5.26 Å². The third kappa shape index (κ3) is 5.16. The van der Waals surface area contributed by atoms with Crippen LogP contribution in [0.25, 0.3) is 11.4 Å². The van der Waals surface area contributed by atoms with Crippen LogP contribution in [0.2, 0.25) is 0 Å². The standard InChI is InChI=1S/C23H23N5OS/c1-3-14-28-22(19-10-7-9-18(2)16-19)25-26-23(28)30-17-21(29)27(15-8-13-24)20-11-5-4-6-12-20/h3-7,9-12,16H,1,8,14-15,17H2,2H3. The minimum absolute atomic E-state index is 0.0771. The predicted octanol–water partition coefficient (Wildman–Crippen LogP) is 4.48. The number of amides is 1. The van der Waals surface area contributed by atoms with Gasteiger partial charge >= 0.3 is 0 Å². The number of nitrogens with zero attached hydrogens (tertiary/aromatic N) is 5. The van der Waals surface area contributed by atoms with Gasteiger partial charge in [0.05, 0.1) is 18.2 Å². The van der Waals surface area contributed by atoms with Crippen LogP contribution in [0.3, 0.4) is 0 Å². The Kier molecular flexibility index (Phi) is 7.41. The molecule has 0 aliphatic carbocycles. The van der Waals surface area contributed by atoms with Gasteiger partial charge in [-0.3, -0.25) is 9.36 Å². The van der Waals surface area contributed by atoms with E-state index in [-0.39, 0.29) is 18.1 Å². The van der Waals surface area contributed by atoms with Crippen LogP contribution in [0.15, 0.2) is 72.4 Å². The van der Waals surface area contributed by atoms with Crippen molar-refractivity contribution in [2.24, 2.45) is 0 Å². The fourth-order valence-corrected chi connectivity index (χ4v) is 3.88. The number of hydrogen-bond donors (Lipinski definition) is 0. The number of carbonyl (C=O) groups excluding carboxylic acids is 1.